The molecule has 3 nitrogen and oxygen atoms in total. The number of likely N-dealkylation sites (N-methyl/N-ethyl adjacent to an activating group) is 1. The van der Waals surface area contributed by atoms with E-state index in [0.717, 1.165) is 19.6 Å². The molecule has 0 amide bonds. The molecule has 1 rings (SSSR count). The van der Waals surface area contributed by atoms with Crippen molar-refractivity contribution < 1.29 is 0 Å². The van der Waals surface area contributed by atoms with Crippen molar-refractivity contribution in [3.05, 3.63) is 0 Å². The summed E-state index contributed by atoms with van der Waals surface area (Å²) >= 11 is 0. The molecule has 0 aromatic rings. The number of rotatable bonds is 1. The van der Waals surface area contributed by atoms with Gasteiger partial charge in [-0.1, -0.05) is 6.92 Å². The molecule has 0 unspecified atom stereocenters. The first-order valence-electron chi connectivity index (χ1n) is 3.06. The van der Waals surface area contributed by atoms with Gasteiger partial charge in [-0.15, -0.1) is 0 Å². The van der Waals surface area contributed by atoms with Crippen LogP contribution >= 0.6 is 0 Å². The Hall–Kier alpha value is -0.120. The summed E-state index contributed by atoms with van der Waals surface area (Å²) in [5.41, 5.74) is 3.18. The van der Waals surface area contributed by atoms with Crippen LogP contribution in [-0.4, -0.2) is 36.8 Å². The zero-order chi connectivity index (χ0) is 5.98. The highest BCUT2D eigenvalue weighted by Crippen LogP contribution is 1.94. The van der Waals surface area contributed by atoms with Crippen molar-refractivity contribution in [2.45, 2.75) is 6.92 Å². The second-order valence-corrected chi connectivity index (χ2v) is 1.98. The molecule has 8 heavy (non-hydrogen) atoms. The monoisotopic (exact) mass is 115 g/mol. The fourth-order valence-corrected chi connectivity index (χ4v) is 0.961. The van der Waals surface area contributed by atoms with Gasteiger partial charge in [0.05, 0.1) is 0 Å². The van der Waals surface area contributed by atoms with Gasteiger partial charge in [0.1, 0.15) is 0 Å². The van der Waals surface area contributed by atoms with Gasteiger partial charge in [0.25, 0.3) is 0 Å². The SMILES string of the molecule is CCN1CCNN1C. The Labute approximate surface area is 50.2 Å². The van der Waals surface area contributed by atoms with Crippen LogP contribution < -0.4 is 5.43 Å². The molecule has 0 saturated carbocycles. The van der Waals surface area contributed by atoms with Gasteiger partial charge < -0.3 is 0 Å². The van der Waals surface area contributed by atoms with Gasteiger partial charge in [0.2, 0.25) is 0 Å². The molecule has 1 aliphatic heterocycles. The topological polar surface area (TPSA) is 18.5 Å². The molecule has 0 aliphatic carbocycles. The van der Waals surface area contributed by atoms with E-state index >= 15 is 0 Å². The van der Waals surface area contributed by atoms with Crippen LogP contribution in [0.2, 0.25) is 0 Å². The maximum atomic E-state index is 3.18. The minimum absolute atomic E-state index is 1.09. The van der Waals surface area contributed by atoms with Crippen LogP contribution in [0.1, 0.15) is 6.92 Å². The van der Waals surface area contributed by atoms with Crippen LogP contribution in [0.3, 0.4) is 0 Å². The van der Waals surface area contributed by atoms with Gasteiger partial charge in [-0.25, -0.2) is 10.4 Å². The number of hydrogen-bond acceptors (Lipinski definition) is 3. The quantitative estimate of drug-likeness (QED) is 0.505. The molecular weight excluding hydrogens is 102 g/mol. The Bertz CT molecular complexity index is 74.1. The first-order valence-corrected chi connectivity index (χ1v) is 3.06. The first-order chi connectivity index (χ1) is 3.84. The van der Waals surface area contributed by atoms with Crippen molar-refractivity contribution in [2.75, 3.05) is 26.7 Å². The van der Waals surface area contributed by atoms with Gasteiger partial charge in [0, 0.05) is 26.7 Å². The van der Waals surface area contributed by atoms with Crippen molar-refractivity contribution in [2.24, 2.45) is 0 Å². The normalized spacial score (nSPS) is 24.8. The molecule has 0 aromatic carbocycles. The number of nitrogens with zero attached hydrogens (tertiary/aromatic N) is 2. The molecule has 3 heteroatoms. The minimum atomic E-state index is 1.09. The Balaban J connectivity index is 2.30. The largest absolute Gasteiger partial charge is 0.240 e. The van der Waals surface area contributed by atoms with Gasteiger partial charge in [0.15, 0.2) is 0 Å². The lowest BCUT2D eigenvalue weighted by atomic mass is 10.6. The molecule has 0 radical (unpaired) electrons. The lowest BCUT2D eigenvalue weighted by Gasteiger charge is -2.20. The summed E-state index contributed by atoms with van der Waals surface area (Å²) in [4.78, 5) is 0. The van der Waals surface area contributed by atoms with E-state index in [1.54, 1.807) is 0 Å². The summed E-state index contributed by atoms with van der Waals surface area (Å²) in [5, 5.41) is 4.29. The molecule has 0 atom stereocenters. The first kappa shape index (κ1) is 6.01. The highest BCUT2D eigenvalue weighted by Gasteiger charge is 2.13. The van der Waals surface area contributed by atoms with E-state index < -0.39 is 0 Å². The van der Waals surface area contributed by atoms with Gasteiger partial charge in [-0.3, -0.25) is 0 Å². The van der Waals surface area contributed by atoms with E-state index in [0.29, 0.717) is 0 Å². The van der Waals surface area contributed by atoms with Crippen LogP contribution in [0.4, 0.5) is 0 Å². The molecule has 1 aliphatic rings. The number of nitrogens with one attached hydrogen (secondary N) is 1. The average molecular weight is 115 g/mol. The second-order valence-electron chi connectivity index (χ2n) is 1.98. The smallest absolute Gasteiger partial charge is 0.0286 e. The highest BCUT2D eigenvalue weighted by atomic mass is 15.8. The lowest BCUT2D eigenvalue weighted by Crippen LogP contribution is -2.37. The second kappa shape index (κ2) is 2.44. The Kier molecular flexibility index (Phi) is 1.83. The predicted octanol–water partition coefficient (Wildman–Crippen LogP) is -0.327. The predicted molar refractivity (Wildman–Crippen MR) is 33.0 cm³/mol. The summed E-state index contributed by atoms with van der Waals surface area (Å²) < 4.78 is 0. The number of hydrazine groups is 2. The zero-order valence-corrected chi connectivity index (χ0v) is 5.52. The molecule has 1 fully saturated rings. The van der Waals surface area contributed by atoms with Crippen LogP contribution in [0.15, 0.2) is 0 Å². The maximum absolute atomic E-state index is 3.18. The fraction of sp³-hybridized carbons (Fsp3) is 1.00. The summed E-state index contributed by atoms with van der Waals surface area (Å²) in [7, 11) is 2.04. The third-order valence-corrected chi connectivity index (χ3v) is 1.50. The van der Waals surface area contributed by atoms with E-state index in [1.807, 2.05) is 12.2 Å². The highest BCUT2D eigenvalue weighted by molar-refractivity contribution is 4.57. The van der Waals surface area contributed by atoms with Crippen LogP contribution in [0.5, 0.6) is 0 Å². The molecule has 48 valence electrons. The van der Waals surface area contributed by atoms with E-state index in [4.69, 9.17) is 0 Å². The molecule has 0 bridgehead atoms. The van der Waals surface area contributed by atoms with Crippen molar-refractivity contribution in [3.8, 4) is 0 Å². The van der Waals surface area contributed by atoms with E-state index in [2.05, 4.69) is 17.4 Å². The maximum Gasteiger partial charge on any atom is 0.0286 e. The van der Waals surface area contributed by atoms with Crippen molar-refractivity contribution in [1.82, 2.24) is 15.6 Å². The van der Waals surface area contributed by atoms with Crippen molar-refractivity contribution in [1.29, 1.82) is 0 Å². The Morgan fingerprint density at radius 3 is 2.62 bits per heavy atom. The summed E-state index contributed by atoms with van der Waals surface area (Å²) in [5.74, 6) is 0. The summed E-state index contributed by atoms with van der Waals surface area (Å²) in [6.07, 6.45) is 0. The van der Waals surface area contributed by atoms with Crippen LogP contribution in [-0.2, 0) is 0 Å². The Morgan fingerprint density at radius 1 is 1.62 bits per heavy atom. The standard InChI is InChI=1S/C5H13N3/c1-3-8-5-4-6-7(8)2/h6H,3-5H2,1-2H3. The van der Waals surface area contributed by atoms with Gasteiger partial charge >= 0.3 is 0 Å². The fourth-order valence-electron chi connectivity index (χ4n) is 0.961. The zero-order valence-electron chi connectivity index (χ0n) is 5.52. The van der Waals surface area contributed by atoms with E-state index in [-0.39, 0.29) is 0 Å². The minimum Gasteiger partial charge on any atom is -0.240 e. The van der Waals surface area contributed by atoms with Crippen LogP contribution in [0.25, 0.3) is 0 Å². The molecular formula is C5H13N3. The third kappa shape index (κ3) is 0.992. The van der Waals surface area contributed by atoms with E-state index in [9.17, 15) is 0 Å². The van der Waals surface area contributed by atoms with E-state index in [1.165, 1.54) is 0 Å². The summed E-state index contributed by atoms with van der Waals surface area (Å²) in [6.45, 7) is 5.49. The molecule has 1 heterocycles. The van der Waals surface area contributed by atoms with Gasteiger partial charge in [-0.2, -0.15) is 5.12 Å². The molecule has 0 spiro atoms. The molecule has 1 N–H and O–H groups in total. The Morgan fingerprint density at radius 2 is 2.38 bits per heavy atom. The van der Waals surface area contributed by atoms with Gasteiger partial charge in [-0.05, 0) is 0 Å². The average Bonchev–Trinajstić information content (AvgIpc) is 2.14. The summed E-state index contributed by atoms with van der Waals surface area (Å²) in [6, 6.07) is 0. The molecule has 1 saturated heterocycles. The van der Waals surface area contributed by atoms with Crippen molar-refractivity contribution >= 4 is 0 Å². The van der Waals surface area contributed by atoms with Crippen LogP contribution in [0, 0.1) is 0 Å². The lowest BCUT2D eigenvalue weighted by molar-refractivity contribution is 0.0232. The number of hydrogen-bond donors (Lipinski definition) is 1. The molecule has 0 aromatic heterocycles. The third-order valence-electron chi connectivity index (χ3n) is 1.50. The van der Waals surface area contributed by atoms with Crippen molar-refractivity contribution in [3.63, 3.8) is 0 Å².